The van der Waals surface area contributed by atoms with Gasteiger partial charge in [0, 0.05) is 49.2 Å². The maximum atomic E-state index is 4.78. The van der Waals surface area contributed by atoms with Crippen molar-refractivity contribution in [2.24, 2.45) is 0 Å². The highest BCUT2D eigenvalue weighted by molar-refractivity contribution is 7.13. The highest BCUT2D eigenvalue weighted by atomic mass is 32.1. The van der Waals surface area contributed by atoms with E-state index in [1.54, 1.807) is 11.3 Å². The van der Waals surface area contributed by atoms with Gasteiger partial charge in [-0.05, 0) is 36.9 Å². The molecule has 3 aromatic rings. The maximum Gasteiger partial charge on any atom is 0.169 e. The first-order valence-electron chi connectivity index (χ1n) is 7.95. The van der Waals surface area contributed by atoms with E-state index in [1.807, 2.05) is 12.3 Å². The van der Waals surface area contributed by atoms with Gasteiger partial charge in [-0.25, -0.2) is 9.97 Å². The monoisotopic (exact) mass is 324 g/mol. The van der Waals surface area contributed by atoms with Crippen molar-refractivity contribution in [2.75, 3.05) is 6.54 Å². The summed E-state index contributed by atoms with van der Waals surface area (Å²) in [5.74, 6) is 0.864. The van der Waals surface area contributed by atoms with Crippen LogP contribution in [0.4, 0.5) is 0 Å². The second kappa shape index (κ2) is 5.91. The smallest absolute Gasteiger partial charge is 0.169 e. The summed E-state index contributed by atoms with van der Waals surface area (Å²) in [6.07, 6.45) is 3.01. The summed E-state index contributed by atoms with van der Waals surface area (Å²) in [5, 5.41) is 2.07. The summed E-state index contributed by atoms with van der Waals surface area (Å²) in [5.41, 5.74) is 6.37. The molecular formula is C18H20N4S. The topological polar surface area (TPSA) is 44.8 Å². The van der Waals surface area contributed by atoms with Gasteiger partial charge in [0.25, 0.3) is 0 Å². The van der Waals surface area contributed by atoms with Crippen molar-refractivity contribution in [3.8, 4) is 10.7 Å². The highest BCUT2D eigenvalue weighted by Crippen LogP contribution is 2.25. The van der Waals surface area contributed by atoms with Gasteiger partial charge in [0.15, 0.2) is 5.82 Å². The third-order valence-electron chi connectivity index (χ3n) is 4.39. The predicted octanol–water partition coefficient (Wildman–Crippen LogP) is 3.71. The van der Waals surface area contributed by atoms with Crippen LogP contribution in [0.5, 0.6) is 0 Å². The van der Waals surface area contributed by atoms with Crippen molar-refractivity contribution >= 4 is 11.3 Å². The number of nitrogens with zero attached hydrogens (tertiary/aromatic N) is 3. The Kier molecular flexibility index (Phi) is 3.75. The van der Waals surface area contributed by atoms with Crippen LogP contribution in [0.3, 0.4) is 0 Å². The lowest BCUT2D eigenvalue weighted by Crippen LogP contribution is -2.31. The molecule has 0 unspecified atom stereocenters. The fraction of sp³-hybridized carbons (Fsp3) is 0.333. The zero-order valence-electron chi connectivity index (χ0n) is 13.5. The zero-order chi connectivity index (χ0) is 15.8. The van der Waals surface area contributed by atoms with Crippen LogP contribution in [-0.2, 0) is 19.5 Å². The van der Waals surface area contributed by atoms with Crippen LogP contribution in [0.1, 0.15) is 28.2 Å². The molecule has 1 aliphatic rings. The minimum Gasteiger partial charge on any atom is -0.361 e. The molecule has 118 valence electrons. The van der Waals surface area contributed by atoms with Crippen LogP contribution >= 0.6 is 11.3 Å². The fourth-order valence-electron chi connectivity index (χ4n) is 3.21. The molecular weight excluding hydrogens is 304 g/mol. The second-order valence-electron chi connectivity index (χ2n) is 6.22. The van der Waals surface area contributed by atoms with Crippen LogP contribution in [0.15, 0.2) is 29.8 Å². The van der Waals surface area contributed by atoms with Crippen molar-refractivity contribution in [3.05, 3.63) is 58.0 Å². The predicted molar refractivity (Wildman–Crippen MR) is 93.4 cm³/mol. The third-order valence-corrected chi connectivity index (χ3v) is 5.26. The van der Waals surface area contributed by atoms with E-state index < -0.39 is 0 Å². The van der Waals surface area contributed by atoms with E-state index in [0.29, 0.717) is 0 Å². The molecule has 0 atom stereocenters. The Balaban J connectivity index is 1.52. The number of thiophene rings is 1. The average Bonchev–Trinajstić information content (AvgIpc) is 3.17. The van der Waals surface area contributed by atoms with Gasteiger partial charge in [-0.15, -0.1) is 11.3 Å². The van der Waals surface area contributed by atoms with Crippen molar-refractivity contribution in [1.82, 2.24) is 19.9 Å². The quantitative estimate of drug-likeness (QED) is 0.799. The molecule has 4 nitrogen and oxygen atoms in total. The number of fused-ring (bicyclic) bond motifs is 1. The van der Waals surface area contributed by atoms with E-state index in [4.69, 9.17) is 4.98 Å². The highest BCUT2D eigenvalue weighted by Gasteiger charge is 2.20. The molecule has 0 aromatic carbocycles. The number of H-pyrrole nitrogens is 1. The molecule has 0 radical (unpaired) electrons. The van der Waals surface area contributed by atoms with Gasteiger partial charge in [-0.2, -0.15) is 0 Å². The van der Waals surface area contributed by atoms with Crippen LogP contribution in [-0.4, -0.2) is 26.4 Å². The largest absolute Gasteiger partial charge is 0.361 e. The van der Waals surface area contributed by atoms with Gasteiger partial charge >= 0.3 is 0 Å². The Bertz CT molecular complexity index is 820. The maximum absolute atomic E-state index is 4.78. The molecule has 3 aromatic heterocycles. The van der Waals surface area contributed by atoms with Gasteiger partial charge < -0.3 is 4.98 Å². The SMILES string of the molecule is Cc1cc(C)c(CN2CCc3nc(-c4cccs4)ncc3C2)[nH]1. The first-order chi connectivity index (χ1) is 11.2. The molecule has 1 aliphatic heterocycles. The average molecular weight is 324 g/mol. The Hall–Kier alpha value is -1.98. The Morgan fingerprint density at radius 3 is 3.00 bits per heavy atom. The Labute approximate surface area is 140 Å². The van der Waals surface area contributed by atoms with E-state index in [-0.39, 0.29) is 0 Å². The number of hydrogen-bond donors (Lipinski definition) is 1. The molecule has 0 aliphatic carbocycles. The molecule has 0 bridgehead atoms. The molecule has 1 N–H and O–H groups in total. The molecule has 4 rings (SSSR count). The minimum atomic E-state index is 0.864. The molecule has 5 heteroatoms. The van der Waals surface area contributed by atoms with E-state index in [1.165, 1.54) is 28.2 Å². The first kappa shape index (κ1) is 14.6. The van der Waals surface area contributed by atoms with Crippen LogP contribution in [0.25, 0.3) is 10.7 Å². The number of hydrogen-bond acceptors (Lipinski definition) is 4. The third kappa shape index (κ3) is 2.94. The van der Waals surface area contributed by atoms with Gasteiger partial charge in [-0.3, -0.25) is 4.90 Å². The van der Waals surface area contributed by atoms with Gasteiger partial charge in [0.2, 0.25) is 0 Å². The normalized spacial score (nSPS) is 14.9. The summed E-state index contributed by atoms with van der Waals surface area (Å²) >= 11 is 1.69. The summed E-state index contributed by atoms with van der Waals surface area (Å²) in [7, 11) is 0. The number of nitrogens with one attached hydrogen (secondary N) is 1. The van der Waals surface area contributed by atoms with Gasteiger partial charge in [0.1, 0.15) is 0 Å². The van der Waals surface area contributed by atoms with Crippen molar-refractivity contribution in [3.63, 3.8) is 0 Å². The van der Waals surface area contributed by atoms with Crippen LogP contribution in [0, 0.1) is 13.8 Å². The fourth-order valence-corrected chi connectivity index (χ4v) is 3.87. The number of aromatic nitrogens is 3. The molecule has 0 spiro atoms. The van der Waals surface area contributed by atoms with Crippen LogP contribution < -0.4 is 0 Å². The van der Waals surface area contributed by atoms with E-state index in [2.05, 4.69) is 46.2 Å². The van der Waals surface area contributed by atoms with E-state index in [9.17, 15) is 0 Å². The first-order valence-corrected chi connectivity index (χ1v) is 8.83. The lowest BCUT2D eigenvalue weighted by molar-refractivity contribution is 0.240. The lowest BCUT2D eigenvalue weighted by Gasteiger charge is -2.27. The molecule has 0 saturated carbocycles. The summed E-state index contributed by atoms with van der Waals surface area (Å²) in [4.78, 5) is 16.4. The van der Waals surface area contributed by atoms with E-state index in [0.717, 1.165) is 36.8 Å². The number of aromatic amines is 1. The number of aryl methyl sites for hydroxylation is 2. The molecule has 23 heavy (non-hydrogen) atoms. The summed E-state index contributed by atoms with van der Waals surface area (Å²) in [6, 6.07) is 6.34. The van der Waals surface area contributed by atoms with Crippen molar-refractivity contribution in [1.29, 1.82) is 0 Å². The van der Waals surface area contributed by atoms with Crippen LogP contribution in [0.2, 0.25) is 0 Å². The minimum absolute atomic E-state index is 0.864. The Morgan fingerprint density at radius 1 is 1.35 bits per heavy atom. The molecule has 4 heterocycles. The zero-order valence-corrected chi connectivity index (χ0v) is 14.3. The van der Waals surface area contributed by atoms with E-state index >= 15 is 0 Å². The number of rotatable bonds is 3. The molecule has 0 saturated heterocycles. The van der Waals surface area contributed by atoms with Crippen molar-refractivity contribution in [2.45, 2.75) is 33.4 Å². The molecule has 0 fully saturated rings. The summed E-state index contributed by atoms with van der Waals surface area (Å²) < 4.78 is 0. The standard InChI is InChI=1S/C18H20N4S/c1-12-8-13(2)20-16(12)11-22-6-5-15-14(10-22)9-19-18(21-15)17-4-3-7-23-17/h3-4,7-9,20H,5-6,10-11H2,1-2H3. The molecule has 0 amide bonds. The lowest BCUT2D eigenvalue weighted by atomic mass is 10.1. The van der Waals surface area contributed by atoms with Crippen molar-refractivity contribution < 1.29 is 0 Å². The second-order valence-corrected chi connectivity index (χ2v) is 7.17. The van der Waals surface area contributed by atoms with Gasteiger partial charge in [0.05, 0.1) is 10.6 Å². The summed E-state index contributed by atoms with van der Waals surface area (Å²) in [6.45, 7) is 7.23. The Morgan fingerprint density at radius 2 is 2.26 bits per heavy atom. The van der Waals surface area contributed by atoms with Gasteiger partial charge in [-0.1, -0.05) is 6.07 Å².